The predicted octanol–water partition coefficient (Wildman–Crippen LogP) is 3.50. The molecule has 11 heteroatoms. The van der Waals surface area contributed by atoms with Gasteiger partial charge < -0.3 is 10.6 Å². The topological polar surface area (TPSA) is 136 Å². The van der Waals surface area contributed by atoms with Gasteiger partial charge in [0.05, 0.1) is 17.0 Å². The molecule has 1 aliphatic rings. The summed E-state index contributed by atoms with van der Waals surface area (Å²) in [6, 6.07) is 6.13. The van der Waals surface area contributed by atoms with Crippen LogP contribution in [0.1, 0.15) is 64.0 Å². The van der Waals surface area contributed by atoms with Gasteiger partial charge in [-0.3, -0.25) is 9.48 Å². The summed E-state index contributed by atoms with van der Waals surface area (Å²) in [5.41, 5.74) is 7.83. The Balaban J connectivity index is 1.83. The number of aromatic nitrogens is 4. The Kier molecular flexibility index (Phi) is 6.56. The molecule has 10 nitrogen and oxygen atoms in total. The van der Waals surface area contributed by atoms with Crippen LogP contribution in [0.3, 0.4) is 0 Å². The van der Waals surface area contributed by atoms with E-state index in [1.165, 1.54) is 18.3 Å². The molecule has 0 unspecified atom stereocenters. The summed E-state index contributed by atoms with van der Waals surface area (Å²) in [6.45, 7) is 13.3. The van der Waals surface area contributed by atoms with Crippen molar-refractivity contribution < 1.29 is 13.2 Å². The summed E-state index contributed by atoms with van der Waals surface area (Å²) in [4.78, 5) is 24.1. The minimum atomic E-state index is -4.25. The maximum Gasteiger partial charge on any atom is 0.268 e. The lowest BCUT2D eigenvalue weighted by molar-refractivity contribution is 0.0981. The van der Waals surface area contributed by atoms with Crippen LogP contribution >= 0.6 is 0 Å². The van der Waals surface area contributed by atoms with Gasteiger partial charge in [-0.15, -0.1) is 0 Å². The number of rotatable bonds is 5. The molecule has 198 valence electrons. The van der Waals surface area contributed by atoms with E-state index in [9.17, 15) is 13.2 Å². The summed E-state index contributed by atoms with van der Waals surface area (Å²) < 4.78 is 29.9. The van der Waals surface area contributed by atoms with Crippen LogP contribution in [0.25, 0.3) is 11.3 Å². The molecule has 0 saturated carbocycles. The second-order valence-corrected chi connectivity index (χ2v) is 13.1. The quantitative estimate of drug-likeness (QED) is 0.517. The summed E-state index contributed by atoms with van der Waals surface area (Å²) in [5, 5.41) is 4.66. The number of pyridine rings is 2. The van der Waals surface area contributed by atoms with Crippen LogP contribution in [-0.4, -0.2) is 46.2 Å². The minimum absolute atomic E-state index is 0.165. The number of amides is 1. The molecule has 0 aliphatic carbocycles. The van der Waals surface area contributed by atoms with E-state index in [-0.39, 0.29) is 27.2 Å². The Morgan fingerprint density at radius 3 is 2.51 bits per heavy atom. The Labute approximate surface area is 218 Å². The predicted molar refractivity (Wildman–Crippen MR) is 144 cm³/mol. The van der Waals surface area contributed by atoms with E-state index in [0.717, 1.165) is 17.7 Å². The van der Waals surface area contributed by atoms with E-state index < -0.39 is 15.9 Å². The highest BCUT2D eigenvalue weighted by molar-refractivity contribution is 7.90. The van der Waals surface area contributed by atoms with Crippen molar-refractivity contribution in [3.8, 4) is 11.3 Å². The van der Waals surface area contributed by atoms with Crippen molar-refractivity contribution in [2.24, 2.45) is 13.0 Å². The smallest absolute Gasteiger partial charge is 0.268 e. The molecule has 0 aromatic carbocycles. The molecule has 4 rings (SSSR count). The molecule has 0 radical (unpaired) electrons. The van der Waals surface area contributed by atoms with E-state index in [2.05, 4.69) is 61.2 Å². The second-order valence-electron chi connectivity index (χ2n) is 11.4. The van der Waals surface area contributed by atoms with Crippen molar-refractivity contribution in [2.75, 3.05) is 17.2 Å². The lowest BCUT2D eigenvalue weighted by atomic mass is 9.88. The molecule has 0 spiro atoms. The van der Waals surface area contributed by atoms with Crippen molar-refractivity contribution in [1.82, 2.24) is 24.5 Å². The first kappa shape index (κ1) is 26.6. The number of hydrogen-bond donors (Lipinski definition) is 2. The van der Waals surface area contributed by atoms with Crippen LogP contribution in [0.2, 0.25) is 0 Å². The molecule has 4 heterocycles. The number of hydrogen-bond acceptors (Lipinski definition) is 8. The van der Waals surface area contributed by atoms with E-state index >= 15 is 0 Å². The number of anilines is 2. The molecule has 3 aromatic rings. The van der Waals surface area contributed by atoms with E-state index in [0.29, 0.717) is 24.0 Å². The zero-order chi connectivity index (χ0) is 27.3. The van der Waals surface area contributed by atoms with Crippen LogP contribution in [0.15, 0.2) is 41.6 Å². The largest absolute Gasteiger partial charge is 0.383 e. The van der Waals surface area contributed by atoms with Gasteiger partial charge in [0.1, 0.15) is 16.5 Å². The van der Waals surface area contributed by atoms with Crippen LogP contribution in [0.5, 0.6) is 0 Å². The lowest BCUT2D eigenvalue weighted by Gasteiger charge is -2.34. The fourth-order valence-corrected chi connectivity index (χ4v) is 6.08. The van der Waals surface area contributed by atoms with Crippen molar-refractivity contribution >= 4 is 27.6 Å². The average Bonchev–Trinajstić information content (AvgIpc) is 3.31. The van der Waals surface area contributed by atoms with E-state index in [1.807, 2.05) is 13.2 Å². The third-order valence-electron chi connectivity index (χ3n) is 6.58. The second kappa shape index (κ2) is 9.13. The minimum Gasteiger partial charge on any atom is -0.383 e. The number of nitrogens with one attached hydrogen (secondary N) is 1. The first-order chi connectivity index (χ1) is 17.1. The van der Waals surface area contributed by atoms with Gasteiger partial charge >= 0.3 is 0 Å². The number of nitrogen functional groups attached to an aromatic ring is 1. The van der Waals surface area contributed by atoms with Gasteiger partial charge in [-0.05, 0) is 50.5 Å². The number of aryl methyl sites for hydroxylation is 1. The van der Waals surface area contributed by atoms with Gasteiger partial charge in [-0.2, -0.15) is 5.10 Å². The average molecular weight is 526 g/mol. The first-order valence-electron chi connectivity index (χ1n) is 12.2. The number of nitrogens with zero attached hydrogens (tertiary/aromatic N) is 5. The number of sulfonamides is 1. The summed E-state index contributed by atoms with van der Waals surface area (Å²) in [5.74, 6) is -0.159. The van der Waals surface area contributed by atoms with Crippen LogP contribution in [-0.2, 0) is 22.5 Å². The fraction of sp³-hybridized carbons (Fsp3) is 0.462. The fourth-order valence-electron chi connectivity index (χ4n) is 5.03. The van der Waals surface area contributed by atoms with Crippen LogP contribution < -0.4 is 15.4 Å². The Morgan fingerprint density at radius 2 is 1.92 bits per heavy atom. The third-order valence-corrected chi connectivity index (χ3v) is 7.96. The summed E-state index contributed by atoms with van der Waals surface area (Å²) in [6.07, 6.45) is 4.21. The molecular formula is C26H35N7O3S. The van der Waals surface area contributed by atoms with Gasteiger partial charge in [0.25, 0.3) is 15.9 Å². The lowest BCUT2D eigenvalue weighted by Crippen LogP contribution is -2.41. The number of nitrogens with two attached hydrogens (primary N) is 1. The zero-order valence-corrected chi connectivity index (χ0v) is 23.2. The van der Waals surface area contributed by atoms with Crippen LogP contribution in [0, 0.1) is 5.92 Å². The van der Waals surface area contributed by atoms with E-state index in [1.54, 1.807) is 16.8 Å². The van der Waals surface area contributed by atoms with Gasteiger partial charge in [-0.1, -0.05) is 27.7 Å². The molecule has 1 fully saturated rings. The maximum atomic E-state index is 13.5. The Hall–Kier alpha value is -3.47. The summed E-state index contributed by atoms with van der Waals surface area (Å²) >= 11 is 0. The van der Waals surface area contributed by atoms with Gasteiger partial charge in [0.2, 0.25) is 0 Å². The molecule has 3 N–H and O–H groups in total. The highest BCUT2D eigenvalue weighted by Crippen LogP contribution is 2.39. The monoisotopic (exact) mass is 525 g/mol. The van der Waals surface area contributed by atoms with E-state index in [4.69, 9.17) is 10.7 Å². The zero-order valence-electron chi connectivity index (χ0n) is 22.4. The molecule has 37 heavy (non-hydrogen) atoms. The normalized spacial score (nSPS) is 17.7. The van der Waals surface area contributed by atoms with Crippen molar-refractivity contribution in [3.05, 3.63) is 47.9 Å². The molecular weight excluding hydrogens is 490 g/mol. The highest BCUT2D eigenvalue weighted by atomic mass is 32.2. The molecule has 1 saturated heterocycles. The maximum absolute atomic E-state index is 13.5. The third kappa shape index (κ3) is 5.18. The van der Waals surface area contributed by atoms with Crippen molar-refractivity contribution in [2.45, 2.75) is 63.8 Å². The van der Waals surface area contributed by atoms with Gasteiger partial charge in [0.15, 0.2) is 0 Å². The summed E-state index contributed by atoms with van der Waals surface area (Å²) in [7, 11) is -2.39. The molecule has 3 aromatic heterocycles. The van der Waals surface area contributed by atoms with Gasteiger partial charge in [-0.25, -0.2) is 23.1 Å². The van der Waals surface area contributed by atoms with Gasteiger partial charge in [0, 0.05) is 42.5 Å². The number of carbonyl (C=O) groups excluding carboxylic acids is 1. The van der Waals surface area contributed by atoms with Crippen LogP contribution in [0.4, 0.5) is 11.6 Å². The first-order valence-corrected chi connectivity index (χ1v) is 13.7. The molecule has 1 atom stereocenters. The molecule has 1 amide bonds. The molecule has 1 aliphatic heterocycles. The molecule has 0 bridgehead atoms. The Bertz CT molecular complexity index is 1460. The number of carbonyl (C=O) groups is 1. The van der Waals surface area contributed by atoms with Crippen molar-refractivity contribution in [3.63, 3.8) is 0 Å². The highest BCUT2D eigenvalue weighted by Gasteiger charge is 2.39. The Morgan fingerprint density at radius 1 is 1.22 bits per heavy atom. The van der Waals surface area contributed by atoms with Crippen molar-refractivity contribution in [1.29, 1.82) is 0 Å². The SMILES string of the molecule is C[C@@H]1CN(c2nc(-c3cn(C)nc3C(C)(C)C)ccc2C(=O)NS(=O)(=O)c2cccnc2N)C(C)(C)C1. The standard InChI is InChI=1S/C26H35N7O3S/c1-16-13-26(5,6)33(14-16)23-17(24(34)31-37(35,36)20-9-8-12-28-22(20)27)10-11-19(29-23)18-15-32(7)30-21(18)25(2,3)4/h8-12,15-16H,13-14H2,1-7H3,(H2,27,28)(H,31,34)/t16-/m0/s1.